The van der Waals surface area contributed by atoms with Crippen LogP contribution in [0.3, 0.4) is 0 Å². The lowest BCUT2D eigenvalue weighted by molar-refractivity contribution is -0.154. The van der Waals surface area contributed by atoms with Gasteiger partial charge >= 0.3 is 5.97 Å². The highest BCUT2D eigenvalue weighted by molar-refractivity contribution is 5.84. The number of ether oxygens (including phenoxy) is 2. The van der Waals surface area contributed by atoms with Crippen molar-refractivity contribution in [3.05, 3.63) is 29.6 Å². The lowest BCUT2D eigenvalue weighted by Gasteiger charge is -2.13. The molecule has 0 aliphatic heterocycles. The number of hydrogen-bond acceptors (Lipinski definition) is 4. The summed E-state index contributed by atoms with van der Waals surface area (Å²) < 4.78 is 23.3. The molecular formula is C15H18FNO4. The number of esters is 1. The molecule has 1 fully saturated rings. The average Bonchev–Trinajstić information content (AvgIpc) is 3.22. The molecule has 1 aromatic carbocycles. The monoisotopic (exact) mass is 295 g/mol. The first-order valence-corrected chi connectivity index (χ1v) is 6.82. The number of halogens is 1. The van der Waals surface area contributed by atoms with E-state index >= 15 is 0 Å². The fraction of sp³-hybridized carbons (Fsp3) is 0.467. The van der Waals surface area contributed by atoms with E-state index in [1.165, 1.54) is 26.2 Å². The molecule has 0 radical (unpaired) electrons. The van der Waals surface area contributed by atoms with Crippen molar-refractivity contribution in [2.45, 2.75) is 38.3 Å². The van der Waals surface area contributed by atoms with Crippen LogP contribution in [0.15, 0.2) is 18.2 Å². The molecule has 0 aromatic heterocycles. The van der Waals surface area contributed by atoms with Crippen molar-refractivity contribution in [2.24, 2.45) is 0 Å². The van der Waals surface area contributed by atoms with Gasteiger partial charge in [-0.05, 0) is 37.5 Å². The van der Waals surface area contributed by atoms with Crippen LogP contribution >= 0.6 is 0 Å². The zero-order valence-corrected chi connectivity index (χ0v) is 12.0. The van der Waals surface area contributed by atoms with Gasteiger partial charge in [-0.2, -0.15) is 0 Å². The van der Waals surface area contributed by atoms with Gasteiger partial charge in [0.25, 0.3) is 5.91 Å². The number of methoxy groups -OCH3 is 1. The molecule has 0 spiro atoms. The number of nitrogens with one attached hydrogen (secondary N) is 1. The summed E-state index contributed by atoms with van der Waals surface area (Å²) in [7, 11) is 1.37. The minimum atomic E-state index is -0.846. The van der Waals surface area contributed by atoms with Crippen molar-refractivity contribution >= 4 is 11.9 Å². The molecule has 0 bridgehead atoms. The number of benzene rings is 1. The summed E-state index contributed by atoms with van der Waals surface area (Å²) in [6, 6.07) is 4.46. The summed E-state index contributed by atoms with van der Waals surface area (Å²) in [6.45, 7) is 1.52. The topological polar surface area (TPSA) is 64.6 Å². The Balaban J connectivity index is 1.85. The Hall–Kier alpha value is -2.11. The van der Waals surface area contributed by atoms with Gasteiger partial charge < -0.3 is 14.8 Å². The molecule has 0 unspecified atom stereocenters. The minimum absolute atomic E-state index is 0.0953. The fourth-order valence-electron chi connectivity index (χ4n) is 1.83. The van der Waals surface area contributed by atoms with Crippen LogP contribution < -0.4 is 10.1 Å². The molecule has 21 heavy (non-hydrogen) atoms. The molecule has 5 nitrogen and oxygen atoms in total. The van der Waals surface area contributed by atoms with E-state index in [-0.39, 0.29) is 24.1 Å². The van der Waals surface area contributed by atoms with Gasteiger partial charge in [0.15, 0.2) is 17.7 Å². The van der Waals surface area contributed by atoms with Crippen LogP contribution in [0.5, 0.6) is 5.75 Å². The third kappa shape index (κ3) is 4.44. The van der Waals surface area contributed by atoms with Gasteiger partial charge in [0.05, 0.1) is 13.5 Å². The predicted molar refractivity (Wildman–Crippen MR) is 73.4 cm³/mol. The van der Waals surface area contributed by atoms with Crippen LogP contribution in [-0.2, 0) is 20.7 Å². The van der Waals surface area contributed by atoms with Crippen molar-refractivity contribution in [3.63, 3.8) is 0 Å². The van der Waals surface area contributed by atoms with Gasteiger partial charge in [-0.15, -0.1) is 0 Å². The first kappa shape index (κ1) is 15.3. The maximum Gasteiger partial charge on any atom is 0.311 e. The second-order valence-electron chi connectivity index (χ2n) is 5.06. The molecule has 1 aliphatic carbocycles. The predicted octanol–water partition coefficient (Wildman–Crippen LogP) is 1.59. The Bertz CT molecular complexity index is 542. The summed E-state index contributed by atoms with van der Waals surface area (Å²) >= 11 is 0. The molecule has 1 saturated carbocycles. The number of amides is 1. The Labute approximate surface area is 122 Å². The van der Waals surface area contributed by atoms with Crippen LogP contribution in [0.1, 0.15) is 25.3 Å². The SMILES string of the molecule is COc1ccc(CC(=O)O[C@@H](C)C(=O)NC2CC2)cc1F. The third-order valence-corrected chi connectivity index (χ3v) is 3.17. The summed E-state index contributed by atoms with van der Waals surface area (Å²) in [4.78, 5) is 23.4. The van der Waals surface area contributed by atoms with Gasteiger partial charge in [0.1, 0.15) is 0 Å². The first-order chi connectivity index (χ1) is 9.99. The number of rotatable bonds is 6. The molecular weight excluding hydrogens is 277 g/mol. The van der Waals surface area contributed by atoms with Crippen LogP contribution in [-0.4, -0.2) is 31.1 Å². The quantitative estimate of drug-likeness (QED) is 0.809. The molecule has 1 aromatic rings. The van der Waals surface area contributed by atoms with E-state index in [1.54, 1.807) is 6.07 Å². The molecule has 1 aliphatic rings. The van der Waals surface area contributed by atoms with Crippen molar-refractivity contribution in [1.82, 2.24) is 5.32 Å². The molecule has 2 rings (SSSR count). The van der Waals surface area contributed by atoms with Crippen LogP contribution in [0.2, 0.25) is 0 Å². The van der Waals surface area contributed by atoms with E-state index in [0.29, 0.717) is 5.56 Å². The summed E-state index contributed by atoms with van der Waals surface area (Å²) in [5.74, 6) is -1.30. The Morgan fingerprint density at radius 2 is 2.14 bits per heavy atom. The molecule has 0 heterocycles. The van der Waals surface area contributed by atoms with Gasteiger partial charge in [0, 0.05) is 6.04 Å². The molecule has 1 amide bonds. The van der Waals surface area contributed by atoms with E-state index in [9.17, 15) is 14.0 Å². The lowest BCUT2D eigenvalue weighted by atomic mass is 10.1. The molecule has 0 saturated heterocycles. The third-order valence-electron chi connectivity index (χ3n) is 3.17. The summed E-state index contributed by atoms with van der Waals surface area (Å²) in [5, 5.41) is 2.75. The minimum Gasteiger partial charge on any atom is -0.494 e. The number of carbonyl (C=O) groups excluding carboxylic acids is 2. The summed E-state index contributed by atoms with van der Waals surface area (Å²) in [6.07, 6.45) is 0.998. The fourth-order valence-corrected chi connectivity index (χ4v) is 1.83. The van der Waals surface area contributed by atoms with Crippen LogP contribution in [0.4, 0.5) is 4.39 Å². The van der Waals surface area contributed by atoms with E-state index in [0.717, 1.165) is 12.8 Å². The van der Waals surface area contributed by atoms with Crippen molar-refractivity contribution in [2.75, 3.05) is 7.11 Å². The molecule has 1 N–H and O–H groups in total. The number of hydrogen-bond donors (Lipinski definition) is 1. The second-order valence-corrected chi connectivity index (χ2v) is 5.06. The zero-order chi connectivity index (χ0) is 15.4. The average molecular weight is 295 g/mol. The lowest BCUT2D eigenvalue weighted by Crippen LogP contribution is -2.37. The van der Waals surface area contributed by atoms with E-state index in [2.05, 4.69) is 5.32 Å². The maximum absolute atomic E-state index is 13.5. The number of carbonyl (C=O) groups is 2. The molecule has 114 valence electrons. The van der Waals surface area contributed by atoms with Gasteiger partial charge in [-0.25, -0.2) is 4.39 Å². The first-order valence-electron chi connectivity index (χ1n) is 6.82. The van der Waals surface area contributed by atoms with Crippen molar-refractivity contribution in [3.8, 4) is 5.75 Å². The zero-order valence-electron chi connectivity index (χ0n) is 12.0. The second kappa shape index (κ2) is 6.56. The van der Waals surface area contributed by atoms with E-state index in [1.807, 2.05) is 0 Å². The van der Waals surface area contributed by atoms with Crippen molar-refractivity contribution in [1.29, 1.82) is 0 Å². The van der Waals surface area contributed by atoms with Crippen LogP contribution in [0, 0.1) is 5.82 Å². The standard InChI is InChI=1S/C15H18FNO4/c1-9(15(19)17-11-4-5-11)21-14(18)8-10-3-6-13(20-2)12(16)7-10/h3,6-7,9,11H,4-5,8H2,1-2H3,(H,17,19)/t9-/m0/s1. The van der Waals surface area contributed by atoms with Gasteiger partial charge in [-0.3, -0.25) is 9.59 Å². The molecule has 1 atom stereocenters. The van der Waals surface area contributed by atoms with E-state index in [4.69, 9.17) is 9.47 Å². The molecule has 6 heteroatoms. The van der Waals surface area contributed by atoms with Gasteiger partial charge in [-0.1, -0.05) is 6.07 Å². The van der Waals surface area contributed by atoms with Gasteiger partial charge in [0.2, 0.25) is 0 Å². The maximum atomic E-state index is 13.5. The highest BCUT2D eigenvalue weighted by Crippen LogP contribution is 2.19. The van der Waals surface area contributed by atoms with Crippen LogP contribution in [0.25, 0.3) is 0 Å². The largest absolute Gasteiger partial charge is 0.494 e. The van der Waals surface area contributed by atoms with E-state index < -0.39 is 17.9 Å². The smallest absolute Gasteiger partial charge is 0.311 e. The Morgan fingerprint density at radius 1 is 1.43 bits per heavy atom. The van der Waals surface area contributed by atoms with Crippen molar-refractivity contribution < 1.29 is 23.5 Å². The Morgan fingerprint density at radius 3 is 2.71 bits per heavy atom. The Kier molecular flexibility index (Phi) is 4.77. The highest BCUT2D eigenvalue weighted by Gasteiger charge is 2.27. The highest BCUT2D eigenvalue weighted by atomic mass is 19.1. The normalized spacial score (nSPS) is 15.2. The summed E-state index contributed by atoms with van der Waals surface area (Å²) in [5.41, 5.74) is 0.466.